The van der Waals surface area contributed by atoms with Crippen LogP contribution >= 0.6 is 24.0 Å². The summed E-state index contributed by atoms with van der Waals surface area (Å²) in [5.74, 6) is 0.953. The molecule has 1 saturated heterocycles. The average Bonchev–Trinajstić information content (AvgIpc) is 2.93. The van der Waals surface area contributed by atoms with Crippen LogP contribution in [-0.4, -0.2) is 74.4 Å². The highest BCUT2D eigenvalue weighted by Gasteiger charge is 2.25. The van der Waals surface area contributed by atoms with E-state index in [1.807, 2.05) is 11.8 Å². The molecule has 8 heteroatoms. The quantitative estimate of drug-likeness (QED) is 0.377. The van der Waals surface area contributed by atoms with E-state index in [1.165, 1.54) is 0 Å². The average molecular weight is 425 g/mol. The lowest BCUT2D eigenvalue weighted by atomic mass is 10.3. The van der Waals surface area contributed by atoms with Crippen LogP contribution in [-0.2, 0) is 9.59 Å². The number of likely N-dealkylation sites (tertiary alicyclic amines) is 1. The number of rotatable bonds is 5. The second-order valence-corrected chi connectivity index (χ2v) is 5.36. The number of carbonyl (C=O) groups excluding carboxylic acids is 2. The molecule has 0 spiro atoms. The minimum Gasteiger partial charge on any atom is -0.356 e. The Balaban J connectivity index is 0.00000441. The molecule has 0 radical (unpaired) electrons. The van der Waals surface area contributed by atoms with Crippen molar-refractivity contribution in [2.24, 2.45) is 4.99 Å². The van der Waals surface area contributed by atoms with Crippen molar-refractivity contribution >= 4 is 41.8 Å². The van der Waals surface area contributed by atoms with Gasteiger partial charge in [-0.25, -0.2) is 0 Å². The fraction of sp³-hybridized carbons (Fsp3) is 0.786. The second kappa shape index (κ2) is 10.6. The van der Waals surface area contributed by atoms with E-state index in [4.69, 9.17) is 0 Å². The van der Waals surface area contributed by atoms with Gasteiger partial charge in [0.15, 0.2) is 5.96 Å². The Bertz CT molecular complexity index is 401. The minimum atomic E-state index is 0. The molecular formula is C14H28IN5O2. The van der Waals surface area contributed by atoms with Gasteiger partial charge in [-0.2, -0.15) is 0 Å². The summed E-state index contributed by atoms with van der Waals surface area (Å²) in [7, 11) is 5.19. The van der Waals surface area contributed by atoms with Crippen LogP contribution in [0.5, 0.6) is 0 Å². The molecule has 7 nitrogen and oxygen atoms in total. The Morgan fingerprint density at radius 1 is 1.36 bits per heavy atom. The summed E-state index contributed by atoms with van der Waals surface area (Å²) in [6.45, 7) is 3.93. The van der Waals surface area contributed by atoms with Crippen LogP contribution in [0.3, 0.4) is 0 Å². The first-order valence-corrected chi connectivity index (χ1v) is 7.43. The number of amides is 2. The summed E-state index contributed by atoms with van der Waals surface area (Å²) in [5, 5.41) is 6.43. The van der Waals surface area contributed by atoms with Gasteiger partial charge in [-0.3, -0.25) is 14.6 Å². The molecule has 1 aliphatic heterocycles. The third-order valence-corrected chi connectivity index (χ3v) is 3.54. The Hall–Kier alpha value is -1.06. The van der Waals surface area contributed by atoms with Gasteiger partial charge in [0.05, 0.1) is 0 Å². The first-order chi connectivity index (χ1) is 9.97. The molecule has 1 aliphatic rings. The Morgan fingerprint density at radius 3 is 2.59 bits per heavy atom. The normalized spacial score (nSPS) is 17.7. The molecule has 1 unspecified atom stereocenters. The molecule has 0 aliphatic carbocycles. The maximum absolute atomic E-state index is 11.6. The number of carbonyl (C=O) groups is 2. The number of guanidine groups is 1. The van der Waals surface area contributed by atoms with Gasteiger partial charge in [0, 0.05) is 59.7 Å². The highest BCUT2D eigenvalue weighted by atomic mass is 127. The zero-order valence-electron chi connectivity index (χ0n) is 13.9. The minimum absolute atomic E-state index is 0. The fourth-order valence-electron chi connectivity index (χ4n) is 2.23. The largest absolute Gasteiger partial charge is 0.356 e. The number of hydrogen-bond acceptors (Lipinski definition) is 3. The second-order valence-electron chi connectivity index (χ2n) is 5.36. The molecular weight excluding hydrogens is 397 g/mol. The summed E-state index contributed by atoms with van der Waals surface area (Å²) in [6.07, 6.45) is 1.90. The van der Waals surface area contributed by atoms with E-state index in [9.17, 15) is 9.59 Å². The number of nitrogens with zero attached hydrogens (tertiary/aromatic N) is 3. The van der Waals surface area contributed by atoms with Crippen LogP contribution < -0.4 is 10.6 Å². The fourth-order valence-corrected chi connectivity index (χ4v) is 2.23. The maximum Gasteiger partial charge on any atom is 0.223 e. The highest BCUT2D eigenvalue weighted by Crippen LogP contribution is 2.10. The molecule has 0 aromatic heterocycles. The summed E-state index contributed by atoms with van der Waals surface area (Å²) >= 11 is 0. The summed E-state index contributed by atoms with van der Waals surface area (Å²) in [4.78, 5) is 30.7. The van der Waals surface area contributed by atoms with E-state index < -0.39 is 0 Å². The molecule has 0 aromatic carbocycles. The number of nitrogens with one attached hydrogen (secondary N) is 2. The van der Waals surface area contributed by atoms with Crippen LogP contribution in [0.4, 0.5) is 0 Å². The molecule has 0 bridgehead atoms. The van der Waals surface area contributed by atoms with Crippen molar-refractivity contribution in [1.82, 2.24) is 20.4 Å². The molecule has 1 rings (SSSR count). The maximum atomic E-state index is 11.6. The molecule has 0 aromatic rings. The molecule has 2 amide bonds. The highest BCUT2D eigenvalue weighted by molar-refractivity contribution is 14.0. The number of hydrogen-bond donors (Lipinski definition) is 2. The summed E-state index contributed by atoms with van der Waals surface area (Å²) in [5.41, 5.74) is 0. The molecule has 1 atom stereocenters. The zero-order valence-corrected chi connectivity index (χ0v) is 16.2. The van der Waals surface area contributed by atoms with E-state index in [0.29, 0.717) is 31.9 Å². The van der Waals surface area contributed by atoms with Gasteiger partial charge >= 0.3 is 0 Å². The third kappa shape index (κ3) is 6.80. The van der Waals surface area contributed by atoms with Crippen LogP contribution in [0.25, 0.3) is 0 Å². The Labute approximate surface area is 149 Å². The monoisotopic (exact) mass is 425 g/mol. The van der Waals surface area contributed by atoms with E-state index in [-0.39, 0.29) is 41.8 Å². The van der Waals surface area contributed by atoms with Crippen LogP contribution in [0, 0.1) is 0 Å². The summed E-state index contributed by atoms with van der Waals surface area (Å²) < 4.78 is 0. The lowest BCUT2D eigenvalue weighted by Gasteiger charge is -2.19. The van der Waals surface area contributed by atoms with Gasteiger partial charge in [-0.15, -0.1) is 24.0 Å². The molecule has 2 N–H and O–H groups in total. The molecule has 22 heavy (non-hydrogen) atoms. The SMILES string of the molecule is CCC(=O)N1CCC(NC(=NC)NCCC(=O)N(C)C)C1.I. The van der Waals surface area contributed by atoms with Gasteiger partial charge in [0.25, 0.3) is 0 Å². The van der Waals surface area contributed by atoms with Gasteiger partial charge in [0.1, 0.15) is 0 Å². The first-order valence-electron chi connectivity index (χ1n) is 7.43. The summed E-state index contributed by atoms with van der Waals surface area (Å²) in [6, 6.07) is 0.219. The van der Waals surface area contributed by atoms with E-state index in [2.05, 4.69) is 15.6 Å². The topological polar surface area (TPSA) is 77.0 Å². The van der Waals surface area contributed by atoms with Gasteiger partial charge < -0.3 is 20.4 Å². The Morgan fingerprint density at radius 2 is 2.05 bits per heavy atom. The van der Waals surface area contributed by atoms with Crippen molar-refractivity contribution in [3.8, 4) is 0 Å². The third-order valence-electron chi connectivity index (χ3n) is 3.54. The van der Waals surface area contributed by atoms with Gasteiger partial charge in [0.2, 0.25) is 11.8 Å². The number of halogens is 1. The molecule has 1 heterocycles. The van der Waals surface area contributed by atoms with Crippen LogP contribution in [0.1, 0.15) is 26.2 Å². The van der Waals surface area contributed by atoms with E-state index >= 15 is 0 Å². The van der Waals surface area contributed by atoms with Gasteiger partial charge in [-0.05, 0) is 6.42 Å². The molecule has 1 fully saturated rings. The number of aliphatic imine (C=N–C) groups is 1. The first kappa shape index (κ1) is 20.9. The smallest absolute Gasteiger partial charge is 0.223 e. The van der Waals surface area contributed by atoms with E-state index in [0.717, 1.165) is 13.0 Å². The van der Waals surface area contributed by atoms with E-state index in [1.54, 1.807) is 26.0 Å². The van der Waals surface area contributed by atoms with Crippen molar-refractivity contribution in [2.45, 2.75) is 32.2 Å². The molecule has 128 valence electrons. The van der Waals surface area contributed by atoms with Gasteiger partial charge in [-0.1, -0.05) is 6.92 Å². The predicted octanol–water partition coefficient (Wildman–Crippen LogP) is 0.259. The van der Waals surface area contributed by atoms with Crippen LogP contribution in [0.15, 0.2) is 4.99 Å². The zero-order chi connectivity index (χ0) is 15.8. The lowest BCUT2D eigenvalue weighted by molar-refractivity contribution is -0.130. The van der Waals surface area contributed by atoms with Crippen molar-refractivity contribution in [1.29, 1.82) is 0 Å². The van der Waals surface area contributed by atoms with Crippen LogP contribution in [0.2, 0.25) is 0 Å². The Kier molecular flexibility index (Phi) is 10.1. The van der Waals surface area contributed by atoms with Crippen molar-refractivity contribution in [3.63, 3.8) is 0 Å². The van der Waals surface area contributed by atoms with Crippen molar-refractivity contribution in [2.75, 3.05) is 40.8 Å². The predicted molar refractivity (Wildman–Crippen MR) is 98.5 cm³/mol. The standard InChI is InChI=1S/C14H27N5O2.HI/c1-5-12(20)19-9-7-11(10-19)17-14(15-2)16-8-6-13(21)18(3)4;/h11H,5-10H2,1-4H3,(H2,15,16,17);1H. The van der Waals surface area contributed by atoms with Crippen molar-refractivity contribution in [3.05, 3.63) is 0 Å². The lowest BCUT2D eigenvalue weighted by Crippen LogP contribution is -2.45. The van der Waals surface area contributed by atoms with Crippen molar-refractivity contribution < 1.29 is 9.59 Å². The molecule has 0 saturated carbocycles.